The Morgan fingerprint density at radius 2 is 2.15 bits per heavy atom. The van der Waals surface area contributed by atoms with Crippen molar-refractivity contribution in [1.29, 1.82) is 0 Å². The van der Waals surface area contributed by atoms with E-state index >= 15 is 0 Å². The molecule has 3 rings (SSSR count). The average Bonchev–Trinajstić information content (AvgIpc) is 3.18. The molecule has 1 amide bonds. The number of aromatic nitrogens is 4. The molecule has 1 N–H and O–H groups in total. The largest absolute Gasteiger partial charge is 0.466 e. The van der Waals surface area contributed by atoms with Gasteiger partial charge in [0.15, 0.2) is 12.3 Å². The van der Waals surface area contributed by atoms with Crippen LogP contribution in [0.3, 0.4) is 0 Å². The van der Waals surface area contributed by atoms with Crippen LogP contribution in [0.2, 0.25) is 0 Å². The zero-order chi connectivity index (χ0) is 18.8. The summed E-state index contributed by atoms with van der Waals surface area (Å²) in [5.41, 5.74) is 3.57. The zero-order valence-corrected chi connectivity index (χ0v) is 16.5. The molecule has 138 valence electrons. The molecule has 0 bridgehead atoms. The van der Waals surface area contributed by atoms with Gasteiger partial charge in [0.25, 0.3) is 5.91 Å². The van der Waals surface area contributed by atoms with E-state index in [0.717, 1.165) is 39.4 Å². The van der Waals surface area contributed by atoms with Crippen molar-refractivity contribution in [2.24, 2.45) is 7.05 Å². The summed E-state index contributed by atoms with van der Waals surface area (Å²) in [6, 6.07) is 1.82. The average molecular weight is 373 g/mol. The predicted octanol–water partition coefficient (Wildman–Crippen LogP) is 2.86. The summed E-state index contributed by atoms with van der Waals surface area (Å²) in [7, 11) is 1.82. The van der Waals surface area contributed by atoms with Crippen molar-refractivity contribution in [3.05, 3.63) is 33.4 Å². The Hall–Kier alpha value is -2.48. The highest BCUT2D eigenvalue weighted by Crippen LogP contribution is 2.27. The second-order valence-corrected chi connectivity index (χ2v) is 7.25. The molecule has 3 aromatic heterocycles. The number of carbonyl (C=O) groups is 1. The van der Waals surface area contributed by atoms with E-state index in [1.807, 2.05) is 39.3 Å². The van der Waals surface area contributed by atoms with Crippen molar-refractivity contribution >= 4 is 28.3 Å². The van der Waals surface area contributed by atoms with Gasteiger partial charge in [-0.2, -0.15) is 0 Å². The van der Waals surface area contributed by atoms with Crippen LogP contribution in [0.25, 0.3) is 11.0 Å². The minimum atomic E-state index is -0.208. The Morgan fingerprint density at radius 3 is 2.85 bits per heavy atom. The molecule has 7 nitrogen and oxygen atoms in total. The van der Waals surface area contributed by atoms with Crippen molar-refractivity contribution in [1.82, 2.24) is 25.1 Å². The van der Waals surface area contributed by atoms with Crippen LogP contribution < -0.4 is 10.1 Å². The molecule has 0 spiro atoms. The molecule has 0 saturated heterocycles. The Bertz CT molecular complexity index is 947. The van der Waals surface area contributed by atoms with Crippen molar-refractivity contribution in [3.8, 4) is 5.88 Å². The lowest BCUT2D eigenvalue weighted by molar-refractivity contribution is -0.123. The van der Waals surface area contributed by atoms with Gasteiger partial charge in [-0.15, -0.1) is 16.4 Å². The van der Waals surface area contributed by atoms with Gasteiger partial charge in [-0.1, -0.05) is 6.92 Å². The lowest BCUT2D eigenvalue weighted by Gasteiger charge is -2.12. The summed E-state index contributed by atoms with van der Waals surface area (Å²) < 4.78 is 7.36. The van der Waals surface area contributed by atoms with E-state index < -0.39 is 0 Å². The van der Waals surface area contributed by atoms with E-state index in [9.17, 15) is 4.79 Å². The molecule has 0 radical (unpaired) electrons. The summed E-state index contributed by atoms with van der Waals surface area (Å²) in [6.45, 7) is 7.81. The maximum Gasteiger partial charge on any atom is 0.258 e. The van der Waals surface area contributed by atoms with Crippen LogP contribution in [0.15, 0.2) is 11.4 Å². The van der Waals surface area contributed by atoms with E-state index in [0.29, 0.717) is 5.88 Å². The highest BCUT2D eigenvalue weighted by Gasteiger charge is 2.17. The first-order chi connectivity index (χ1) is 12.4. The smallest absolute Gasteiger partial charge is 0.258 e. The van der Waals surface area contributed by atoms with Crippen LogP contribution >= 0.6 is 11.3 Å². The molecule has 0 aliphatic rings. The van der Waals surface area contributed by atoms with E-state index in [1.165, 1.54) is 0 Å². The number of rotatable bonds is 6. The Balaban J connectivity index is 1.67. The van der Waals surface area contributed by atoms with Crippen molar-refractivity contribution in [2.45, 2.75) is 40.2 Å². The minimum absolute atomic E-state index is 0.103. The van der Waals surface area contributed by atoms with Gasteiger partial charge < -0.3 is 10.1 Å². The topological polar surface area (TPSA) is 81.9 Å². The van der Waals surface area contributed by atoms with E-state index in [4.69, 9.17) is 4.74 Å². The summed E-state index contributed by atoms with van der Waals surface area (Å²) in [6.07, 6.45) is 0.897. The number of hydrogen-bond donors (Lipinski definition) is 1. The molecule has 3 heterocycles. The van der Waals surface area contributed by atoms with Crippen LogP contribution in [0.4, 0.5) is 0 Å². The highest BCUT2D eigenvalue weighted by molar-refractivity contribution is 7.09. The summed E-state index contributed by atoms with van der Waals surface area (Å²) >= 11 is 1.61. The van der Waals surface area contributed by atoms with Gasteiger partial charge in [-0.05, 0) is 38.8 Å². The zero-order valence-electron chi connectivity index (χ0n) is 15.7. The number of thiazole rings is 1. The van der Waals surface area contributed by atoms with Crippen LogP contribution in [0.5, 0.6) is 5.88 Å². The number of nitrogens with one attached hydrogen (secondary N) is 1. The number of amides is 1. The summed E-state index contributed by atoms with van der Waals surface area (Å²) in [4.78, 5) is 21.2. The first kappa shape index (κ1) is 18.3. The third-order valence-electron chi connectivity index (χ3n) is 4.12. The summed E-state index contributed by atoms with van der Waals surface area (Å²) in [5, 5.41) is 11.2. The molecule has 26 heavy (non-hydrogen) atoms. The number of fused-ring (bicyclic) bond motifs is 1. The van der Waals surface area contributed by atoms with Crippen LogP contribution in [0.1, 0.15) is 41.8 Å². The van der Waals surface area contributed by atoms with Gasteiger partial charge in [-0.3, -0.25) is 4.79 Å². The molecule has 3 aromatic rings. The van der Waals surface area contributed by atoms with Crippen LogP contribution in [-0.4, -0.2) is 32.3 Å². The maximum absolute atomic E-state index is 12.2. The second kappa shape index (κ2) is 7.41. The Morgan fingerprint density at radius 1 is 1.38 bits per heavy atom. The molecule has 8 heteroatoms. The predicted molar refractivity (Wildman–Crippen MR) is 102 cm³/mol. The van der Waals surface area contributed by atoms with Gasteiger partial charge >= 0.3 is 0 Å². The summed E-state index contributed by atoms with van der Waals surface area (Å²) in [5.74, 6) is 0.220. The van der Waals surface area contributed by atoms with Gasteiger partial charge in [-0.25, -0.2) is 14.6 Å². The van der Waals surface area contributed by atoms with Gasteiger partial charge in [0.05, 0.1) is 22.1 Å². The van der Waals surface area contributed by atoms with Crippen molar-refractivity contribution < 1.29 is 9.53 Å². The van der Waals surface area contributed by atoms with E-state index in [2.05, 4.69) is 27.3 Å². The third kappa shape index (κ3) is 3.70. The number of hydrogen-bond acceptors (Lipinski definition) is 6. The molecular weight excluding hydrogens is 350 g/mol. The fourth-order valence-corrected chi connectivity index (χ4v) is 3.67. The van der Waals surface area contributed by atoms with Gasteiger partial charge in [0.2, 0.25) is 5.88 Å². The fourth-order valence-electron chi connectivity index (χ4n) is 2.83. The number of carbonyl (C=O) groups excluding carboxylic acids is 1. The fraction of sp³-hybridized carbons (Fsp3) is 0.444. The first-order valence-electron chi connectivity index (χ1n) is 8.56. The highest BCUT2D eigenvalue weighted by atomic mass is 32.1. The van der Waals surface area contributed by atoms with Crippen molar-refractivity contribution in [2.75, 3.05) is 6.61 Å². The minimum Gasteiger partial charge on any atom is -0.466 e. The number of nitrogens with zero attached hydrogens (tertiary/aromatic N) is 4. The molecule has 0 aromatic carbocycles. The van der Waals surface area contributed by atoms with Crippen LogP contribution in [-0.2, 0) is 18.3 Å². The lowest BCUT2D eigenvalue weighted by Crippen LogP contribution is -2.31. The first-order valence-corrected chi connectivity index (χ1v) is 9.44. The second-order valence-electron chi connectivity index (χ2n) is 6.31. The third-order valence-corrected chi connectivity index (χ3v) is 5.13. The monoisotopic (exact) mass is 373 g/mol. The van der Waals surface area contributed by atoms with E-state index in [-0.39, 0.29) is 18.6 Å². The molecule has 0 fully saturated rings. The molecule has 0 aliphatic heterocycles. The molecule has 0 aliphatic carbocycles. The Labute approximate surface area is 156 Å². The SMILES string of the molecule is CCc1nc(C(C)NC(=O)COc2nn(C)c3nc(C)cc(C)c23)cs1. The molecule has 1 unspecified atom stereocenters. The number of ether oxygens (including phenoxy) is 1. The molecule has 1 atom stereocenters. The van der Waals surface area contributed by atoms with Gasteiger partial charge in [0, 0.05) is 18.1 Å². The van der Waals surface area contributed by atoms with E-state index in [1.54, 1.807) is 16.0 Å². The maximum atomic E-state index is 12.2. The molecule has 0 saturated carbocycles. The lowest BCUT2D eigenvalue weighted by atomic mass is 10.2. The normalized spacial score (nSPS) is 12.3. The molecular formula is C18H23N5O2S. The van der Waals surface area contributed by atoms with Crippen LogP contribution in [0, 0.1) is 13.8 Å². The quantitative estimate of drug-likeness (QED) is 0.718. The standard InChI is InChI=1S/C18H23N5O2S/c1-6-15-21-13(9-26-15)12(4)20-14(24)8-25-18-16-10(2)7-11(3)19-17(16)23(5)22-18/h7,9,12H,6,8H2,1-5H3,(H,20,24). The number of pyridine rings is 1. The Kier molecular flexibility index (Phi) is 5.22. The number of aryl methyl sites for hydroxylation is 4. The van der Waals surface area contributed by atoms with Crippen molar-refractivity contribution in [3.63, 3.8) is 0 Å². The van der Waals surface area contributed by atoms with Gasteiger partial charge in [0.1, 0.15) is 0 Å².